The fraction of sp³-hybridized carbons (Fsp3) is 0.227. The van der Waals surface area contributed by atoms with E-state index in [4.69, 9.17) is 0 Å². The van der Waals surface area contributed by atoms with Crippen LogP contribution in [0.25, 0.3) is 11.3 Å². The Morgan fingerprint density at radius 3 is 2.30 bits per heavy atom. The first-order valence-corrected chi connectivity index (χ1v) is 9.14. The second kappa shape index (κ2) is 6.83. The predicted molar refractivity (Wildman–Crippen MR) is 107 cm³/mol. The predicted octanol–water partition coefficient (Wildman–Crippen LogP) is 5.84. The van der Waals surface area contributed by atoms with Crippen molar-refractivity contribution < 1.29 is 4.92 Å². The normalized spacial score (nSPS) is 15.0. The van der Waals surface area contributed by atoms with Gasteiger partial charge in [0.2, 0.25) is 5.82 Å². The van der Waals surface area contributed by atoms with Crippen LogP contribution in [-0.2, 0) is 5.41 Å². The first-order valence-electron chi connectivity index (χ1n) is 9.14. The first kappa shape index (κ1) is 17.2. The maximum atomic E-state index is 11.4. The van der Waals surface area contributed by atoms with Gasteiger partial charge in [0.1, 0.15) is 0 Å². The molecular formula is C22H21N3O2. The van der Waals surface area contributed by atoms with Gasteiger partial charge in [-0.3, -0.25) is 10.1 Å². The molecule has 0 amide bonds. The average molecular weight is 359 g/mol. The van der Waals surface area contributed by atoms with Crippen LogP contribution in [0.4, 0.5) is 17.2 Å². The molecule has 1 saturated carbocycles. The van der Waals surface area contributed by atoms with Crippen LogP contribution in [0.2, 0.25) is 0 Å². The number of nitrogens with one attached hydrogen (secondary N) is 1. The fourth-order valence-corrected chi connectivity index (χ4v) is 3.55. The summed E-state index contributed by atoms with van der Waals surface area (Å²) in [5, 5.41) is 14.5. The number of hydrogen-bond donors (Lipinski definition) is 1. The van der Waals surface area contributed by atoms with Crippen molar-refractivity contribution in [3.63, 3.8) is 0 Å². The van der Waals surface area contributed by atoms with Crippen LogP contribution >= 0.6 is 0 Å². The van der Waals surface area contributed by atoms with Gasteiger partial charge in [-0.2, -0.15) is 0 Å². The molecule has 0 radical (unpaired) electrons. The molecule has 1 heterocycles. The Hall–Kier alpha value is -3.21. The molecule has 27 heavy (non-hydrogen) atoms. The maximum absolute atomic E-state index is 11.4. The van der Waals surface area contributed by atoms with Crippen molar-refractivity contribution >= 4 is 17.2 Å². The molecule has 1 aliphatic rings. The third kappa shape index (κ3) is 3.40. The zero-order valence-corrected chi connectivity index (χ0v) is 15.2. The van der Waals surface area contributed by atoms with Crippen LogP contribution in [0, 0.1) is 10.1 Å². The second-order valence-corrected chi connectivity index (χ2v) is 7.30. The highest BCUT2D eigenvalue weighted by molar-refractivity contribution is 5.71. The molecule has 1 aliphatic carbocycles. The van der Waals surface area contributed by atoms with Crippen molar-refractivity contribution in [2.24, 2.45) is 0 Å². The van der Waals surface area contributed by atoms with Crippen LogP contribution < -0.4 is 5.32 Å². The monoisotopic (exact) mass is 359 g/mol. The van der Waals surface area contributed by atoms with Crippen molar-refractivity contribution in [2.45, 2.75) is 31.6 Å². The molecule has 5 heteroatoms. The van der Waals surface area contributed by atoms with Crippen LogP contribution in [0.1, 0.15) is 31.7 Å². The summed E-state index contributed by atoms with van der Waals surface area (Å²) in [4.78, 5) is 15.5. The van der Waals surface area contributed by atoms with Crippen molar-refractivity contribution in [2.75, 3.05) is 5.32 Å². The number of anilines is 2. The highest BCUT2D eigenvalue weighted by Gasteiger charge is 2.33. The maximum Gasteiger partial charge on any atom is 0.311 e. The average Bonchev–Trinajstić information content (AvgIpc) is 2.67. The largest absolute Gasteiger partial charge is 0.334 e. The number of pyridine rings is 1. The van der Waals surface area contributed by atoms with Crippen molar-refractivity contribution in [3.05, 3.63) is 82.4 Å². The first-order chi connectivity index (χ1) is 13.0. The molecule has 136 valence electrons. The van der Waals surface area contributed by atoms with Gasteiger partial charge in [0.15, 0.2) is 0 Å². The Bertz CT molecular complexity index is 965. The molecule has 1 N–H and O–H groups in total. The van der Waals surface area contributed by atoms with Gasteiger partial charge in [-0.1, -0.05) is 55.8 Å². The number of nitro groups is 1. The molecule has 2 aromatic carbocycles. The minimum Gasteiger partial charge on any atom is -0.334 e. The van der Waals surface area contributed by atoms with Gasteiger partial charge in [0.25, 0.3) is 0 Å². The van der Waals surface area contributed by atoms with Gasteiger partial charge >= 0.3 is 5.69 Å². The van der Waals surface area contributed by atoms with E-state index < -0.39 is 4.92 Å². The smallest absolute Gasteiger partial charge is 0.311 e. The second-order valence-electron chi connectivity index (χ2n) is 7.30. The Kier molecular flexibility index (Phi) is 4.36. The summed E-state index contributed by atoms with van der Waals surface area (Å²) in [6, 6.07) is 21.0. The molecule has 0 saturated heterocycles. The highest BCUT2D eigenvalue weighted by atomic mass is 16.6. The summed E-state index contributed by atoms with van der Waals surface area (Å²) >= 11 is 0. The summed E-state index contributed by atoms with van der Waals surface area (Å²) in [7, 11) is 0. The molecule has 0 aliphatic heterocycles. The molecule has 1 fully saturated rings. The Morgan fingerprint density at radius 2 is 1.70 bits per heavy atom. The van der Waals surface area contributed by atoms with Crippen molar-refractivity contribution in [3.8, 4) is 11.3 Å². The summed E-state index contributed by atoms with van der Waals surface area (Å²) < 4.78 is 0. The van der Waals surface area contributed by atoms with Gasteiger partial charge in [0, 0.05) is 17.3 Å². The van der Waals surface area contributed by atoms with Gasteiger partial charge < -0.3 is 5.32 Å². The highest BCUT2D eigenvalue weighted by Crippen LogP contribution is 2.43. The Balaban J connectivity index is 1.64. The summed E-state index contributed by atoms with van der Waals surface area (Å²) in [5.41, 5.74) is 3.97. The van der Waals surface area contributed by atoms with Gasteiger partial charge in [-0.05, 0) is 42.0 Å². The molecular weight excluding hydrogens is 338 g/mol. The van der Waals surface area contributed by atoms with Crippen molar-refractivity contribution in [1.29, 1.82) is 0 Å². The molecule has 5 nitrogen and oxygen atoms in total. The number of rotatable bonds is 5. The molecule has 0 atom stereocenters. The lowest BCUT2D eigenvalue weighted by Gasteiger charge is -2.39. The van der Waals surface area contributed by atoms with E-state index in [1.54, 1.807) is 6.07 Å². The van der Waals surface area contributed by atoms with Gasteiger partial charge in [-0.15, -0.1) is 0 Å². The Morgan fingerprint density at radius 1 is 1.00 bits per heavy atom. The molecule has 0 bridgehead atoms. The third-order valence-corrected chi connectivity index (χ3v) is 5.44. The third-order valence-electron chi connectivity index (χ3n) is 5.44. The van der Waals surface area contributed by atoms with E-state index in [0.29, 0.717) is 5.69 Å². The van der Waals surface area contributed by atoms with Gasteiger partial charge in [-0.25, -0.2) is 4.98 Å². The van der Waals surface area contributed by atoms with Crippen LogP contribution in [0.15, 0.2) is 66.7 Å². The zero-order valence-electron chi connectivity index (χ0n) is 15.2. The molecule has 4 rings (SSSR count). The fourth-order valence-electron chi connectivity index (χ4n) is 3.55. The zero-order chi connectivity index (χ0) is 18.9. The van der Waals surface area contributed by atoms with E-state index >= 15 is 0 Å². The summed E-state index contributed by atoms with van der Waals surface area (Å²) in [5.74, 6) is 0.254. The van der Waals surface area contributed by atoms with E-state index in [2.05, 4.69) is 29.4 Å². The van der Waals surface area contributed by atoms with Crippen LogP contribution in [-0.4, -0.2) is 9.91 Å². The molecule has 1 aromatic heterocycles. The van der Waals surface area contributed by atoms with Crippen LogP contribution in [0.5, 0.6) is 0 Å². The quantitative estimate of drug-likeness (QED) is 0.459. The molecule has 0 unspecified atom stereocenters. The standard InChI is InChI=1S/C22H21N3O2/c1-22(14-5-15-22)17-8-10-18(11-9-17)23-21-20(25(26)27)13-12-19(24-21)16-6-3-2-4-7-16/h2-4,6-13H,5,14-15H2,1H3,(H,23,24). The number of aromatic nitrogens is 1. The lowest BCUT2D eigenvalue weighted by atomic mass is 9.66. The Labute approximate surface area is 158 Å². The van der Waals surface area contributed by atoms with E-state index in [9.17, 15) is 10.1 Å². The number of hydrogen-bond acceptors (Lipinski definition) is 4. The van der Waals surface area contributed by atoms with E-state index in [0.717, 1.165) is 11.3 Å². The molecule has 0 spiro atoms. The number of nitrogens with zero attached hydrogens (tertiary/aromatic N) is 2. The summed E-state index contributed by atoms with van der Waals surface area (Å²) in [6.45, 7) is 2.29. The molecule has 3 aromatic rings. The summed E-state index contributed by atoms with van der Waals surface area (Å²) in [6.07, 6.45) is 3.71. The van der Waals surface area contributed by atoms with E-state index in [-0.39, 0.29) is 16.9 Å². The minimum absolute atomic E-state index is 0.0373. The number of benzene rings is 2. The lowest BCUT2D eigenvalue weighted by molar-refractivity contribution is -0.384. The van der Waals surface area contributed by atoms with Crippen molar-refractivity contribution in [1.82, 2.24) is 4.98 Å². The SMILES string of the molecule is CC1(c2ccc(Nc3nc(-c4ccccc4)ccc3[N+](=O)[O-])cc2)CCC1. The van der Waals surface area contributed by atoms with Gasteiger partial charge in [0.05, 0.1) is 10.6 Å². The topological polar surface area (TPSA) is 68.1 Å². The van der Waals surface area contributed by atoms with E-state index in [1.165, 1.54) is 30.9 Å². The lowest BCUT2D eigenvalue weighted by Crippen LogP contribution is -2.30. The van der Waals surface area contributed by atoms with Crippen LogP contribution in [0.3, 0.4) is 0 Å². The minimum atomic E-state index is -0.409. The van der Waals surface area contributed by atoms with E-state index in [1.807, 2.05) is 42.5 Å².